The molecule has 7 nitrogen and oxygen atoms in total. The topological polar surface area (TPSA) is 86.8 Å². The van der Waals surface area contributed by atoms with Crippen LogP contribution in [0.25, 0.3) is 17.0 Å². The molecular weight excluding hydrogens is 478 g/mol. The summed E-state index contributed by atoms with van der Waals surface area (Å²) in [6.45, 7) is 3.55. The molecule has 1 saturated heterocycles. The molecule has 3 aromatic rings. The Bertz CT molecular complexity index is 1190. The molecule has 1 aliphatic heterocycles. The van der Waals surface area contributed by atoms with Gasteiger partial charge < -0.3 is 29.8 Å². The summed E-state index contributed by atoms with van der Waals surface area (Å²) in [5.74, 6) is 1.08. The Morgan fingerprint density at radius 3 is 2.53 bits per heavy atom. The molecule has 0 atom stereocenters. The summed E-state index contributed by atoms with van der Waals surface area (Å²) in [5, 5.41) is 14.3. The molecule has 1 fully saturated rings. The van der Waals surface area contributed by atoms with Gasteiger partial charge in [-0.25, -0.2) is 0 Å². The molecule has 3 N–H and O–H groups in total. The molecule has 2 aromatic carbocycles. The number of aromatic nitrogens is 1. The predicted molar refractivity (Wildman–Crippen MR) is 146 cm³/mol. The first kappa shape index (κ1) is 27.2. The number of hydrogen-bond acceptors (Lipinski definition) is 5. The molecular formula is C28H34ClN3O4. The van der Waals surface area contributed by atoms with Crippen molar-refractivity contribution >= 4 is 35.3 Å². The minimum absolute atomic E-state index is 0. The van der Waals surface area contributed by atoms with E-state index in [1.54, 1.807) is 24.3 Å². The van der Waals surface area contributed by atoms with E-state index < -0.39 is 0 Å². The van der Waals surface area contributed by atoms with E-state index in [0.29, 0.717) is 24.0 Å². The summed E-state index contributed by atoms with van der Waals surface area (Å²) in [5.41, 5.74) is 3.42. The Hall–Kier alpha value is -3.42. The molecule has 8 heteroatoms. The fourth-order valence-electron chi connectivity index (χ4n) is 4.62. The van der Waals surface area contributed by atoms with Gasteiger partial charge in [0, 0.05) is 36.3 Å². The van der Waals surface area contributed by atoms with Gasteiger partial charge in [0.2, 0.25) is 11.7 Å². The number of aromatic amines is 1. The molecule has 36 heavy (non-hydrogen) atoms. The molecule has 192 valence electrons. The lowest BCUT2D eigenvalue weighted by molar-refractivity contribution is -0.116. The van der Waals surface area contributed by atoms with Crippen molar-refractivity contribution in [2.45, 2.75) is 18.8 Å². The van der Waals surface area contributed by atoms with Crippen LogP contribution in [-0.4, -0.2) is 61.3 Å². The van der Waals surface area contributed by atoms with Gasteiger partial charge in [0.25, 0.3) is 0 Å². The van der Waals surface area contributed by atoms with Crippen LogP contribution < -0.4 is 14.8 Å². The second-order valence-electron chi connectivity index (χ2n) is 8.69. The molecule has 0 aliphatic carbocycles. The van der Waals surface area contributed by atoms with Gasteiger partial charge in [-0.05, 0) is 61.2 Å². The number of allylic oxidation sites excluding steroid dienone is 2. The SMILES string of the molecule is COc1cc(/C=C/C=C/C(=O)NCCN2CCC(c3c[nH]c4ccccc34)CC2)cc(OC)c1O.Cl. The highest BCUT2D eigenvalue weighted by molar-refractivity contribution is 5.88. The number of benzene rings is 2. The zero-order chi connectivity index (χ0) is 24.6. The molecule has 1 aromatic heterocycles. The van der Waals surface area contributed by atoms with Crippen LogP contribution in [0.4, 0.5) is 0 Å². The minimum Gasteiger partial charge on any atom is -0.502 e. The first-order valence-corrected chi connectivity index (χ1v) is 11.9. The first-order chi connectivity index (χ1) is 17.1. The number of rotatable bonds is 9. The number of fused-ring (bicyclic) bond motifs is 1. The third kappa shape index (κ3) is 6.62. The van der Waals surface area contributed by atoms with Gasteiger partial charge in [0.15, 0.2) is 11.5 Å². The number of para-hydroxylation sites is 1. The van der Waals surface area contributed by atoms with Crippen molar-refractivity contribution in [3.05, 3.63) is 72.0 Å². The van der Waals surface area contributed by atoms with Crippen LogP contribution >= 0.6 is 12.4 Å². The standard InChI is InChI=1S/C28H33N3O4.ClH/c1-34-25-17-20(18-26(35-2)28(25)33)7-3-6-10-27(32)29-13-16-31-14-11-21(12-15-31)23-19-30-24-9-5-4-8-22(23)24;/h3-10,17-19,21,30,33H,11-16H2,1-2H3,(H,29,32);1H/b7-3+,10-6+;. The molecule has 0 bridgehead atoms. The minimum atomic E-state index is -0.121. The number of ether oxygens (including phenoxy) is 2. The van der Waals surface area contributed by atoms with Crippen LogP contribution in [-0.2, 0) is 4.79 Å². The predicted octanol–water partition coefficient (Wildman–Crippen LogP) is 4.88. The number of halogens is 1. The number of methoxy groups -OCH3 is 2. The van der Waals surface area contributed by atoms with Crippen molar-refractivity contribution in [2.24, 2.45) is 0 Å². The van der Waals surface area contributed by atoms with Crippen LogP contribution in [0, 0.1) is 0 Å². The molecule has 0 radical (unpaired) electrons. The number of likely N-dealkylation sites (tertiary alicyclic amines) is 1. The van der Waals surface area contributed by atoms with Gasteiger partial charge >= 0.3 is 0 Å². The van der Waals surface area contributed by atoms with Gasteiger partial charge in [0.05, 0.1) is 14.2 Å². The maximum atomic E-state index is 12.1. The molecule has 2 heterocycles. The number of carbonyl (C=O) groups is 1. The van der Waals surface area contributed by atoms with E-state index in [9.17, 15) is 9.90 Å². The van der Waals surface area contributed by atoms with Crippen molar-refractivity contribution < 1.29 is 19.4 Å². The van der Waals surface area contributed by atoms with E-state index in [2.05, 4.69) is 45.7 Å². The molecule has 1 amide bonds. The number of amides is 1. The van der Waals surface area contributed by atoms with Crippen molar-refractivity contribution in [3.63, 3.8) is 0 Å². The summed E-state index contributed by atoms with van der Waals surface area (Å²) in [6.07, 6.45) is 11.2. The highest BCUT2D eigenvalue weighted by atomic mass is 35.5. The largest absolute Gasteiger partial charge is 0.502 e. The summed E-state index contributed by atoms with van der Waals surface area (Å²) in [7, 11) is 2.97. The average molecular weight is 512 g/mol. The number of phenolic OH excluding ortho intramolecular Hbond substituents is 1. The second kappa shape index (κ2) is 13.0. The van der Waals surface area contributed by atoms with Crippen LogP contribution in [0.3, 0.4) is 0 Å². The van der Waals surface area contributed by atoms with Gasteiger partial charge in [-0.15, -0.1) is 12.4 Å². The molecule has 4 rings (SSSR count). The lowest BCUT2D eigenvalue weighted by atomic mass is 9.89. The number of nitrogens with one attached hydrogen (secondary N) is 2. The number of carbonyl (C=O) groups excluding carboxylic acids is 1. The number of H-pyrrole nitrogens is 1. The van der Waals surface area contributed by atoms with Gasteiger partial charge in [-0.3, -0.25) is 4.79 Å². The maximum absolute atomic E-state index is 12.1. The fourth-order valence-corrected chi connectivity index (χ4v) is 4.62. The van der Waals surface area contributed by atoms with Gasteiger partial charge in [-0.2, -0.15) is 0 Å². The van der Waals surface area contributed by atoms with E-state index in [1.807, 2.05) is 6.08 Å². The van der Waals surface area contributed by atoms with Crippen LogP contribution in [0.1, 0.15) is 29.9 Å². The third-order valence-electron chi connectivity index (χ3n) is 6.53. The Morgan fingerprint density at radius 2 is 1.83 bits per heavy atom. The van der Waals surface area contributed by atoms with Crippen LogP contribution in [0.15, 0.2) is 60.8 Å². The number of phenols is 1. The quantitative estimate of drug-likeness (QED) is 0.281. The lowest BCUT2D eigenvalue weighted by Gasteiger charge is -2.31. The van der Waals surface area contributed by atoms with Crippen molar-refractivity contribution in [3.8, 4) is 17.2 Å². The second-order valence-corrected chi connectivity index (χ2v) is 8.69. The molecule has 0 unspecified atom stereocenters. The van der Waals surface area contributed by atoms with Gasteiger partial charge in [-0.1, -0.05) is 36.4 Å². The van der Waals surface area contributed by atoms with E-state index in [1.165, 1.54) is 36.8 Å². The normalized spacial score (nSPS) is 14.8. The van der Waals surface area contributed by atoms with E-state index in [0.717, 1.165) is 38.0 Å². The smallest absolute Gasteiger partial charge is 0.244 e. The van der Waals surface area contributed by atoms with E-state index in [-0.39, 0.29) is 24.1 Å². The fraction of sp³-hybridized carbons (Fsp3) is 0.321. The zero-order valence-electron chi connectivity index (χ0n) is 20.7. The summed E-state index contributed by atoms with van der Waals surface area (Å²) in [4.78, 5) is 18.0. The zero-order valence-corrected chi connectivity index (χ0v) is 21.5. The highest BCUT2D eigenvalue weighted by Crippen LogP contribution is 2.37. The molecule has 0 spiro atoms. The van der Waals surface area contributed by atoms with Crippen molar-refractivity contribution in [1.29, 1.82) is 0 Å². The van der Waals surface area contributed by atoms with E-state index >= 15 is 0 Å². The number of piperidine rings is 1. The van der Waals surface area contributed by atoms with Crippen molar-refractivity contribution in [1.82, 2.24) is 15.2 Å². The number of aromatic hydroxyl groups is 1. The third-order valence-corrected chi connectivity index (χ3v) is 6.53. The first-order valence-electron chi connectivity index (χ1n) is 11.9. The Balaban J connectivity index is 0.00000361. The van der Waals surface area contributed by atoms with Crippen LogP contribution in [0.2, 0.25) is 0 Å². The Labute approximate surface area is 218 Å². The molecule has 1 aliphatic rings. The molecule has 0 saturated carbocycles. The summed E-state index contributed by atoms with van der Waals surface area (Å²) in [6, 6.07) is 11.9. The Kier molecular flexibility index (Phi) is 9.85. The van der Waals surface area contributed by atoms with Crippen LogP contribution in [0.5, 0.6) is 17.2 Å². The monoisotopic (exact) mass is 511 g/mol. The van der Waals surface area contributed by atoms with E-state index in [4.69, 9.17) is 9.47 Å². The average Bonchev–Trinajstić information content (AvgIpc) is 3.32. The maximum Gasteiger partial charge on any atom is 0.244 e. The van der Waals surface area contributed by atoms with Gasteiger partial charge in [0.1, 0.15) is 0 Å². The number of nitrogens with zero attached hydrogens (tertiary/aromatic N) is 1. The lowest BCUT2D eigenvalue weighted by Crippen LogP contribution is -2.38. The highest BCUT2D eigenvalue weighted by Gasteiger charge is 2.22. The summed E-state index contributed by atoms with van der Waals surface area (Å²) < 4.78 is 10.3. The summed E-state index contributed by atoms with van der Waals surface area (Å²) >= 11 is 0. The number of hydrogen-bond donors (Lipinski definition) is 3. The van der Waals surface area contributed by atoms with Crippen molar-refractivity contribution in [2.75, 3.05) is 40.4 Å². The Morgan fingerprint density at radius 1 is 1.14 bits per heavy atom.